The van der Waals surface area contributed by atoms with Crippen LogP contribution in [0.2, 0.25) is 5.02 Å². The Balaban J connectivity index is 1.61. The molecule has 4 aromatic rings. The quantitative estimate of drug-likeness (QED) is 0.556. The number of aromatic nitrogens is 5. The van der Waals surface area contributed by atoms with Crippen molar-refractivity contribution in [3.63, 3.8) is 0 Å². The van der Waals surface area contributed by atoms with Crippen LogP contribution in [-0.2, 0) is 12.8 Å². The smallest absolute Gasteiger partial charge is 0.177 e. The van der Waals surface area contributed by atoms with Crippen LogP contribution in [0.3, 0.4) is 0 Å². The van der Waals surface area contributed by atoms with Gasteiger partial charge in [-0.05, 0) is 38.5 Å². The van der Waals surface area contributed by atoms with E-state index in [1.54, 1.807) is 18.3 Å². The summed E-state index contributed by atoms with van der Waals surface area (Å²) in [6.07, 6.45) is 3.20. The van der Waals surface area contributed by atoms with Crippen molar-refractivity contribution in [1.29, 1.82) is 5.26 Å². The number of hydrogen-bond donors (Lipinski definition) is 0. The molecule has 0 aliphatic heterocycles. The minimum Gasteiger partial charge on any atom is -0.256 e. The highest BCUT2D eigenvalue weighted by Crippen LogP contribution is 2.23. The fraction of sp³-hybridized carbons (Fsp3) is 0.211. The highest BCUT2D eigenvalue weighted by atomic mass is 35.5. The SMILES string of the molecule is Cc1ncc(C)n2nc(CCc3ccc4cc(C#N)c(Cl)cc4n3)nc12. The Bertz CT molecular complexity index is 1150. The summed E-state index contributed by atoms with van der Waals surface area (Å²) in [7, 11) is 0. The van der Waals surface area contributed by atoms with Gasteiger partial charge < -0.3 is 0 Å². The number of pyridine rings is 1. The summed E-state index contributed by atoms with van der Waals surface area (Å²) in [5, 5.41) is 15.0. The van der Waals surface area contributed by atoms with Crippen LogP contribution in [0.4, 0.5) is 0 Å². The van der Waals surface area contributed by atoms with Gasteiger partial charge >= 0.3 is 0 Å². The zero-order valence-electron chi connectivity index (χ0n) is 14.4. The first-order chi connectivity index (χ1) is 12.5. The van der Waals surface area contributed by atoms with Gasteiger partial charge in [-0.25, -0.2) is 9.50 Å². The molecule has 0 aliphatic carbocycles. The van der Waals surface area contributed by atoms with E-state index in [0.29, 0.717) is 17.0 Å². The molecule has 7 heteroatoms. The second-order valence-electron chi connectivity index (χ2n) is 6.19. The lowest BCUT2D eigenvalue weighted by Crippen LogP contribution is -1.99. The van der Waals surface area contributed by atoms with Gasteiger partial charge in [-0.3, -0.25) is 9.97 Å². The molecule has 3 heterocycles. The van der Waals surface area contributed by atoms with Crippen LogP contribution in [0.15, 0.2) is 30.5 Å². The summed E-state index contributed by atoms with van der Waals surface area (Å²) in [5.74, 6) is 0.768. The number of hydrogen-bond acceptors (Lipinski definition) is 5. The molecule has 0 spiro atoms. The van der Waals surface area contributed by atoms with Gasteiger partial charge in [0, 0.05) is 23.7 Å². The lowest BCUT2D eigenvalue weighted by molar-refractivity contribution is 0.808. The molecule has 3 aromatic heterocycles. The number of aryl methyl sites for hydroxylation is 4. The molecule has 26 heavy (non-hydrogen) atoms. The lowest BCUT2D eigenvalue weighted by Gasteiger charge is -2.03. The maximum atomic E-state index is 9.07. The molecule has 0 bridgehead atoms. The van der Waals surface area contributed by atoms with Crippen molar-refractivity contribution in [3.05, 3.63) is 64.0 Å². The predicted molar refractivity (Wildman–Crippen MR) is 99.1 cm³/mol. The first-order valence-corrected chi connectivity index (χ1v) is 8.60. The van der Waals surface area contributed by atoms with E-state index in [1.165, 1.54) is 0 Å². The van der Waals surface area contributed by atoms with Gasteiger partial charge in [0.2, 0.25) is 0 Å². The molecule has 0 amide bonds. The van der Waals surface area contributed by atoms with E-state index in [1.807, 2.05) is 30.5 Å². The van der Waals surface area contributed by atoms with Gasteiger partial charge in [0.25, 0.3) is 0 Å². The van der Waals surface area contributed by atoms with Crippen LogP contribution < -0.4 is 0 Å². The molecule has 0 aliphatic rings. The van der Waals surface area contributed by atoms with Crippen LogP contribution in [-0.4, -0.2) is 24.6 Å². The van der Waals surface area contributed by atoms with Gasteiger partial charge in [-0.15, -0.1) is 0 Å². The Morgan fingerprint density at radius 1 is 1.15 bits per heavy atom. The number of nitrogens with zero attached hydrogens (tertiary/aromatic N) is 6. The zero-order valence-corrected chi connectivity index (χ0v) is 15.1. The highest BCUT2D eigenvalue weighted by molar-refractivity contribution is 6.32. The molecule has 0 N–H and O–H groups in total. The molecule has 0 atom stereocenters. The van der Waals surface area contributed by atoms with Gasteiger partial charge in [0.05, 0.1) is 27.5 Å². The van der Waals surface area contributed by atoms with Crippen molar-refractivity contribution in [1.82, 2.24) is 24.6 Å². The molecule has 1 aromatic carbocycles. The van der Waals surface area contributed by atoms with E-state index in [-0.39, 0.29) is 0 Å². The number of rotatable bonds is 3. The molecule has 0 fully saturated rings. The average molecular weight is 363 g/mol. The van der Waals surface area contributed by atoms with Gasteiger partial charge in [-0.1, -0.05) is 17.7 Å². The molecule has 0 saturated carbocycles. The normalized spacial score (nSPS) is 11.2. The first kappa shape index (κ1) is 16.4. The summed E-state index contributed by atoms with van der Waals surface area (Å²) in [5.41, 5.74) is 4.79. The number of halogens is 1. The highest BCUT2D eigenvalue weighted by Gasteiger charge is 2.10. The van der Waals surface area contributed by atoms with Crippen molar-refractivity contribution in [2.24, 2.45) is 0 Å². The second-order valence-corrected chi connectivity index (χ2v) is 6.59. The van der Waals surface area contributed by atoms with Gasteiger partial charge in [0.1, 0.15) is 6.07 Å². The standard InChI is InChI=1S/C19H15ClN6/c1-11-10-22-12(2)19-24-18(25-26(11)19)6-5-15-4-3-13-7-14(9-21)16(20)8-17(13)23-15/h3-4,7-8,10H,5-6H2,1-2H3. The maximum Gasteiger partial charge on any atom is 0.177 e. The Morgan fingerprint density at radius 2 is 2.00 bits per heavy atom. The number of fused-ring (bicyclic) bond motifs is 2. The van der Waals surface area contributed by atoms with Crippen LogP contribution in [0.1, 0.15) is 28.5 Å². The molecule has 0 radical (unpaired) electrons. The first-order valence-electron chi connectivity index (χ1n) is 8.22. The van der Waals surface area contributed by atoms with Gasteiger partial charge in [0.15, 0.2) is 11.5 Å². The molecule has 0 unspecified atom stereocenters. The minimum atomic E-state index is 0.421. The summed E-state index contributed by atoms with van der Waals surface area (Å²) in [6.45, 7) is 3.89. The van der Waals surface area contributed by atoms with E-state index in [4.69, 9.17) is 16.9 Å². The largest absolute Gasteiger partial charge is 0.256 e. The number of nitriles is 1. The third-order valence-corrected chi connectivity index (χ3v) is 4.63. The molecule has 0 saturated heterocycles. The summed E-state index contributed by atoms with van der Waals surface area (Å²) in [6, 6.07) is 9.51. The monoisotopic (exact) mass is 362 g/mol. The fourth-order valence-corrected chi connectivity index (χ4v) is 3.10. The van der Waals surface area contributed by atoms with Crippen LogP contribution in [0, 0.1) is 25.2 Å². The van der Waals surface area contributed by atoms with Crippen molar-refractivity contribution < 1.29 is 0 Å². The van der Waals surface area contributed by atoms with Crippen molar-refractivity contribution in [3.8, 4) is 6.07 Å². The third kappa shape index (κ3) is 2.87. The van der Waals surface area contributed by atoms with E-state index in [0.717, 1.165) is 45.9 Å². The van der Waals surface area contributed by atoms with Crippen LogP contribution in [0.25, 0.3) is 16.6 Å². The second kappa shape index (κ2) is 6.36. The maximum absolute atomic E-state index is 9.07. The van der Waals surface area contributed by atoms with E-state index in [9.17, 15) is 0 Å². The van der Waals surface area contributed by atoms with Gasteiger partial charge in [-0.2, -0.15) is 10.4 Å². The lowest BCUT2D eigenvalue weighted by atomic mass is 10.1. The zero-order chi connectivity index (χ0) is 18.3. The van der Waals surface area contributed by atoms with Crippen molar-refractivity contribution in [2.45, 2.75) is 26.7 Å². The molecular formula is C19H15ClN6. The summed E-state index contributed by atoms with van der Waals surface area (Å²) in [4.78, 5) is 13.6. The van der Waals surface area contributed by atoms with Crippen molar-refractivity contribution >= 4 is 28.2 Å². The summed E-state index contributed by atoms with van der Waals surface area (Å²) >= 11 is 6.11. The fourth-order valence-electron chi connectivity index (χ4n) is 2.90. The van der Waals surface area contributed by atoms with Crippen molar-refractivity contribution in [2.75, 3.05) is 0 Å². The van der Waals surface area contributed by atoms with E-state index >= 15 is 0 Å². The summed E-state index contributed by atoms with van der Waals surface area (Å²) < 4.78 is 1.83. The Labute approximate surface area is 155 Å². The molecular weight excluding hydrogens is 348 g/mol. The Kier molecular flexibility index (Phi) is 4.02. The average Bonchev–Trinajstić information content (AvgIpc) is 3.08. The van der Waals surface area contributed by atoms with Crippen LogP contribution >= 0.6 is 11.6 Å². The molecule has 6 nitrogen and oxygen atoms in total. The van der Waals surface area contributed by atoms with E-state index < -0.39 is 0 Å². The number of benzene rings is 1. The Hall–Kier alpha value is -3.04. The third-order valence-electron chi connectivity index (χ3n) is 4.31. The minimum absolute atomic E-state index is 0.421. The molecule has 128 valence electrons. The predicted octanol–water partition coefficient (Wildman–Crippen LogP) is 3.60. The topological polar surface area (TPSA) is 79.8 Å². The molecule has 4 rings (SSSR count). The van der Waals surface area contributed by atoms with Crippen LogP contribution in [0.5, 0.6) is 0 Å². The van der Waals surface area contributed by atoms with E-state index in [2.05, 4.69) is 26.1 Å². The Morgan fingerprint density at radius 3 is 2.77 bits per heavy atom.